The van der Waals surface area contributed by atoms with Crippen molar-refractivity contribution in [1.29, 1.82) is 0 Å². The largest absolute Gasteiger partial charge is 0.455 e. The number of amides is 1. The van der Waals surface area contributed by atoms with E-state index < -0.39 is 32.1 Å². The molecule has 1 N–H and O–H groups in total. The third kappa shape index (κ3) is 4.59. The van der Waals surface area contributed by atoms with Gasteiger partial charge in [0, 0.05) is 29.0 Å². The number of aromatic nitrogens is 1. The van der Waals surface area contributed by atoms with E-state index in [1.54, 1.807) is 0 Å². The normalized spacial score (nSPS) is 15.9. The van der Waals surface area contributed by atoms with E-state index in [1.165, 1.54) is 18.2 Å². The molecule has 6 nitrogen and oxygen atoms in total. The van der Waals surface area contributed by atoms with Gasteiger partial charge in [0.2, 0.25) is 5.69 Å². The fraction of sp³-hybridized carbons (Fsp3) is 0.429. The molecule has 1 atom stereocenters. The van der Waals surface area contributed by atoms with Crippen LogP contribution in [0.1, 0.15) is 47.1 Å². The fourth-order valence-corrected chi connectivity index (χ4v) is 12.9. The number of ether oxygens (including phenoxy) is 2. The second-order valence-electron chi connectivity index (χ2n) is 10.6. The number of hydrogen-bond acceptors (Lipinski definition) is 3. The molecule has 1 aliphatic heterocycles. The average molecular weight is 526 g/mol. The number of alkyl carbamates (subject to hydrolysis) is 1. The molecule has 0 saturated carbocycles. The van der Waals surface area contributed by atoms with Crippen molar-refractivity contribution in [1.82, 2.24) is 9.55 Å². The van der Waals surface area contributed by atoms with Gasteiger partial charge in [-0.25, -0.2) is 18.4 Å². The summed E-state index contributed by atoms with van der Waals surface area (Å²) in [5.74, 6) is -1.09. The van der Waals surface area contributed by atoms with Gasteiger partial charge in [-0.05, 0) is 47.1 Å². The Kier molecular flexibility index (Phi) is 7.33. The Bertz CT molecular complexity index is 1360. The van der Waals surface area contributed by atoms with E-state index >= 15 is 4.39 Å². The minimum absolute atomic E-state index is 0.0124. The number of carbonyl (C=O) groups is 1. The predicted molar refractivity (Wildman–Crippen MR) is 143 cm³/mol. The highest BCUT2D eigenvalue weighted by molar-refractivity contribution is 6.82. The maximum atomic E-state index is 15.9. The van der Waals surface area contributed by atoms with Crippen molar-refractivity contribution in [3.05, 3.63) is 65.1 Å². The quantitative estimate of drug-likeness (QED) is 0.240. The van der Waals surface area contributed by atoms with Gasteiger partial charge >= 0.3 is 6.09 Å². The third-order valence-corrected chi connectivity index (χ3v) is 14.4. The molecule has 1 fully saturated rings. The smallest absolute Gasteiger partial charge is 0.407 e. The van der Waals surface area contributed by atoms with Crippen LogP contribution in [0.15, 0.2) is 36.5 Å². The molecule has 0 spiro atoms. The molecule has 9 heteroatoms. The minimum atomic E-state index is -2.19. The molecule has 1 aromatic heterocycles. The number of rotatable bonds is 8. The fourth-order valence-electron chi connectivity index (χ4n) is 6.32. The number of nitrogens with zero attached hydrogens (tertiary/aromatic N) is 2. The Morgan fingerprint density at radius 2 is 1.78 bits per heavy atom. The van der Waals surface area contributed by atoms with Gasteiger partial charge in [-0.3, -0.25) is 0 Å². The van der Waals surface area contributed by atoms with E-state index in [4.69, 9.17) is 16.0 Å². The van der Waals surface area contributed by atoms with Crippen LogP contribution in [0.3, 0.4) is 0 Å². The van der Waals surface area contributed by atoms with Crippen molar-refractivity contribution in [3.63, 3.8) is 0 Å². The molecule has 196 valence electrons. The number of halogens is 2. The Labute approximate surface area is 217 Å². The standard InChI is InChI=1S/C28H33F2N3O3Si/c1-16(2)37(17(3)4,18(5)6)33-11-10-21-22(12-20-15-32-28(34)36-20)27(24(30)14-26(21)33)35-19-8-9-23(29)25(13-19)31-7/h8-11,13-14,16-18,20H,12,15H2,1-6H3,(H,32,34). The van der Waals surface area contributed by atoms with Crippen LogP contribution in [0, 0.1) is 18.2 Å². The van der Waals surface area contributed by atoms with Gasteiger partial charge in [-0.2, -0.15) is 0 Å². The second-order valence-corrected chi connectivity index (χ2v) is 16.3. The molecular formula is C28H33F2N3O3Si. The Hall–Kier alpha value is -3.38. The summed E-state index contributed by atoms with van der Waals surface area (Å²) in [6.45, 7) is 21.0. The zero-order valence-electron chi connectivity index (χ0n) is 22.1. The van der Waals surface area contributed by atoms with Gasteiger partial charge < -0.3 is 19.0 Å². The number of benzene rings is 2. The molecule has 0 aliphatic carbocycles. The first-order valence-corrected chi connectivity index (χ1v) is 14.8. The molecule has 1 unspecified atom stereocenters. The molecular weight excluding hydrogens is 492 g/mol. The third-order valence-electron chi connectivity index (χ3n) is 7.63. The molecule has 2 aromatic carbocycles. The predicted octanol–water partition coefficient (Wildman–Crippen LogP) is 7.94. The summed E-state index contributed by atoms with van der Waals surface area (Å²) in [6.07, 6.45) is 1.31. The highest BCUT2D eigenvalue weighted by Crippen LogP contribution is 2.46. The number of carbonyl (C=O) groups excluding carboxylic acids is 1. The lowest BCUT2D eigenvalue weighted by atomic mass is 10.0. The van der Waals surface area contributed by atoms with E-state index in [0.717, 1.165) is 17.0 Å². The summed E-state index contributed by atoms with van der Waals surface area (Å²) in [5.41, 5.74) is 2.36. The van der Waals surface area contributed by atoms with Crippen LogP contribution in [0.2, 0.25) is 16.6 Å². The first-order chi connectivity index (χ1) is 17.5. The van der Waals surface area contributed by atoms with Crippen molar-refractivity contribution in [2.24, 2.45) is 0 Å². The van der Waals surface area contributed by atoms with E-state index in [1.807, 2.05) is 6.07 Å². The van der Waals surface area contributed by atoms with Crippen LogP contribution in [-0.4, -0.2) is 31.2 Å². The molecule has 2 heterocycles. The number of nitrogens with one attached hydrogen (secondary N) is 1. The van der Waals surface area contributed by atoms with Crippen molar-refractivity contribution < 1.29 is 23.0 Å². The van der Waals surface area contributed by atoms with Gasteiger partial charge in [0.05, 0.1) is 13.1 Å². The molecule has 0 bridgehead atoms. The lowest BCUT2D eigenvalue weighted by molar-refractivity contribution is 0.140. The first kappa shape index (κ1) is 26.7. The highest BCUT2D eigenvalue weighted by Gasteiger charge is 2.46. The van der Waals surface area contributed by atoms with Crippen LogP contribution in [0.5, 0.6) is 11.5 Å². The van der Waals surface area contributed by atoms with Crippen LogP contribution < -0.4 is 10.1 Å². The molecule has 1 saturated heterocycles. The topological polar surface area (TPSA) is 56.8 Å². The summed E-state index contributed by atoms with van der Waals surface area (Å²) in [6, 6.07) is 7.26. The number of fused-ring (bicyclic) bond motifs is 1. The first-order valence-electron chi connectivity index (χ1n) is 12.6. The second kappa shape index (κ2) is 10.2. The van der Waals surface area contributed by atoms with E-state index in [9.17, 15) is 9.18 Å². The summed E-state index contributed by atoms with van der Waals surface area (Å²) in [7, 11) is -2.19. The molecule has 0 radical (unpaired) electrons. The van der Waals surface area contributed by atoms with Crippen LogP contribution >= 0.6 is 0 Å². The van der Waals surface area contributed by atoms with Gasteiger partial charge in [-0.1, -0.05) is 41.5 Å². The molecule has 4 rings (SSSR count). The summed E-state index contributed by atoms with van der Waals surface area (Å²) < 4.78 is 43.5. The number of hydrogen-bond donors (Lipinski definition) is 1. The van der Waals surface area contributed by atoms with Crippen LogP contribution in [0.25, 0.3) is 15.7 Å². The summed E-state index contributed by atoms with van der Waals surface area (Å²) in [4.78, 5) is 14.9. The molecule has 37 heavy (non-hydrogen) atoms. The zero-order valence-corrected chi connectivity index (χ0v) is 23.1. The van der Waals surface area contributed by atoms with Crippen molar-refractivity contribution in [2.45, 2.75) is 70.7 Å². The van der Waals surface area contributed by atoms with Crippen LogP contribution in [-0.2, 0) is 11.2 Å². The van der Waals surface area contributed by atoms with Gasteiger partial charge in [-0.15, -0.1) is 0 Å². The Morgan fingerprint density at radius 3 is 2.35 bits per heavy atom. The van der Waals surface area contributed by atoms with Crippen molar-refractivity contribution in [2.75, 3.05) is 6.54 Å². The number of cyclic esters (lactones) is 1. The summed E-state index contributed by atoms with van der Waals surface area (Å²) >= 11 is 0. The van der Waals surface area contributed by atoms with Crippen molar-refractivity contribution >= 4 is 30.9 Å². The Morgan fingerprint density at radius 1 is 1.11 bits per heavy atom. The summed E-state index contributed by atoms with van der Waals surface area (Å²) in [5, 5.41) is 3.47. The van der Waals surface area contributed by atoms with Gasteiger partial charge in [0.15, 0.2) is 19.8 Å². The highest BCUT2D eigenvalue weighted by atomic mass is 28.3. The monoisotopic (exact) mass is 525 g/mol. The lowest BCUT2D eigenvalue weighted by Gasteiger charge is -2.44. The molecule has 3 aromatic rings. The Balaban J connectivity index is 1.93. The maximum Gasteiger partial charge on any atom is 0.407 e. The van der Waals surface area contributed by atoms with Gasteiger partial charge in [0.25, 0.3) is 0 Å². The average Bonchev–Trinajstić information content (AvgIpc) is 3.43. The SMILES string of the molecule is [C-]#[N+]c1cc(Oc2c(F)cc3c(ccn3[Si](C(C)C)(C(C)C)C(C)C)c2CC2CNC(=O)O2)ccc1F. The molecule has 1 aliphatic rings. The van der Waals surface area contributed by atoms with Gasteiger partial charge in [0.1, 0.15) is 17.7 Å². The van der Waals surface area contributed by atoms with E-state index in [2.05, 4.69) is 62.1 Å². The lowest BCUT2D eigenvalue weighted by Crippen LogP contribution is -2.51. The minimum Gasteiger partial charge on any atom is -0.455 e. The zero-order chi connectivity index (χ0) is 27.1. The maximum absolute atomic E-state index is 15.9. The van der Waals surface area contributed by atoms with Crippen molar-refractivity contribution in [3.8, 4) is 11.5 Å². The van der Waals surface area contributed by atoms with E-state index in [-0.39, 0.29) is 23.6 Å². The van der Waals surface area contributed by atoms with Crippen LogP contribution in [0.4, 0.5) is 19.3 Å². The van der Waals surface area contributed by atoms with E-state index in [0.29, 0.717) is 28.7 Å². The molecule has 1 amide bonds.